The molecule has 0 spiro atoms. The molecule has 4 heterocycles. The molecule has 0 aliphatic carbocycles. The second-order valence-electron chi connectivity index (χ2n) is 8.78. The molecule has 1 unspecified atom stereocenters. The molecule has 8 heteroatoms. The lowest BCUT2D eigenvalue weighted by atomic mass is 9.98. The van der Waals surface area contributed by atoms with E-state index in [9.17, 15) is 9.59 Å². The van der Waals surface area contributed by atoms with Crippen molar-refractivity contribution in [2.24, 2.45) is 0 Å². The molecule has 1 fully saturated rings. The Bertz CT molecular complexity index is 1220. The molecule has 3 aromatic rings. The summed E-state index contributed by atoms with van der Waals surface area (Å²) in [6.07, 6.45) is 6.27. The summed E-state index contributed by atoms with van der Waals surface area (Å²) >= 11 is 0. The van der Waals surface area contributed by atoms with E-state index in [0.717, 1.165) is 37.1 Å². The van der Waals surface area contributed by atoms with Gasteiger partial charge in [-0.15, -0.1) is 0 Å². The number of amides is 2. The van der Waals surface area contributed by atoms with Crippen LogP contribution >= 0.6 is 0 Å². The molecule has 0 bridgehead atoms. The van der Waals surface area contributed by atoms with Gasteiger partial charge >= 0.3 is 0 Å². The largest absolute Gasteiger partial charge is 0.481 e. The number of fused-ring (bicyclic) bond motifs is 1. The number of carbonyl (C=O) groups is 2. The van der Waals surface area contributed by atoms with Gasteiger partial charge in [-0.2, -0.15) is 0 Å². The van der Waals surface area contributed by atoms with Crippen LogP contribution in [-0.4, -0.2) is 59.6 Å². The Labute approximate surface area is 204 Å². The van der Waals surface area contributed by atoms with Gasteiger partial charge in [0.1, 0.15) is 0 Å². The van der Waals surface area contributed by atoms with E-state index in [1.807, 2.05) is 18.2 Å². The third kappa shape index (κ3) is 5.02. The monoisotopic (exact) mass is 472 g/mol. The van der Waals surface area contributed by atoms with E-state index in [-0.39, 0.29) is 17.9 Å². The number of carbonyl (C=O) groups excluding carboxylic acids is 2. The van der Waals surface area contributed by atoms with E-state index in [1.165, 1.54) is 12.7 Å². The highest BCUT2D eigenvalue weighted by atomic mass is 16.5. The Morgan fingerprint density at radius 1 is 1.20 bits per heavy atom. The lowest BCUT2D eigenvalue weighted by molar-refractivity contribution is 0.0732. The lowest BCUT2D eigenvalue weighted by Gasteiger charge is -2.28. The number of pyridine rings is 2. The molecule has 2 aromatic heterocycles. The number of nitrogens with zero attached hydrogens (tertiary/aromatic N) is 3. The molecule has 8 nitrogen and oxygen atoms in total. The van der Waals surface area contributed by atoms with Gasteiger partial charge in [-0.3, -0.25) is 14.6 Å². The number of methoxy groups -OCH3 is 1. The van der Waals surface area contributed by atoms with Crippen LogP contribution in [0.1, 0.15) is 44.8 Å². The van der Waals surface area contributed by atoms with Crippen molar-refractivity contribution in [2.75, 3.05) is 26.8 Å². The van der Waals surface area contributed by atoms with Crippen LogP contribution in [0.15, 0.2) is 54.9 Å². The van der Waals surface area contributed by atoms with Crippen molar-refractivity contribution in [1.82, 2.24) is 20.2 Å². The normalized spacial score (nSPS) is 17.1. The molecule has 35 heavy (non-hydrogen) atoms. The Kier molecular flexibility index (Phi) is 6.72. The van der Waals surface area contributed by atoms with Crippen LogP contribution in [0, 0.1) is 0 Å². The Hall–Kier alpha value is -3.78. The molecule has 1 N–H and O–H groups in total. The fourth-order valence-corrected chi connectivity index (χ4v) is 4.57. The highest BCUT2D eigenvalue weighted by Gasteiger charge is 2.25. The molecule has 0 saturated carbocycles. The van der Waals surface area contributed by atoms with Gasteiger partial charge in [0.15, 0.2) is 0 Å². The Morgan fingerprint density at radius 3 is 2.83 bits per heavy atom. The van der Waals surface area contributed by atoms with Crippen LogP contribution in [0.25, 0.3) is 11.1 Å². The zero-order valence-corrected chi connectivity index (χ0v) is 19.7. The van der Waals surface area contributed by atoms with E-state index in [2.05, 4.69) is 21.4 Å². The molecule has 1 atom stereocenters. The summed E-state index contributed by atoms with van der Waals surface area (Å²) < 4.78 is 10.9. The second kappa shape index (κ2) is 10.2. The number of ether oxygens (including phenoxy) is 2. The number of nitrogens with one attached hydrogen (secondary N) is 1. The molecule has 2 amide bonds. The summed E-state index contributed by atoms with van der Waals surface area (Å²) in [5.41, 5.74) is 4.65. The molecular formula is C27H28N4O4. The number of hydrogen-bond donors (Lipinski definition) is 1. The molecule has 0 radical (unpaired) electrons. The SMILES string of the molecule is COc1cc(C(=O)N2CCc3cccnc3C2)c(-c2ccc(C(=O)NCC3CCCO3)cc2)cn1. The fraction of sp³-hybridized carbons (Fsp3) is 0.333. The van der Waals surface area contributed by atoms with Gasteiger partial charge in [0.25, 0.3) is 11.8 Å². The lowest BCUT2D eigenvalue weighted by Crippen LogP contribution is -2.36. The van der Waals surface area contributed by atoms with E-state index >= 15 is 0 Å². The maximum atomic E-state index is 13.6. The maximum Gasteiger partial charge on any atom is 0.255 e. The van der Waals surface area contributed by atoms with Crippen LogP contribution in [0.5, 0.6) is 5.88 Å². The number of aromatic nitrogens is 2. The van der Waals surface area contributed by atoms with Gasteiger partial charge in [-0.05, 0) is 48.6 Å². The molecular weight excluding hydrogens is 444 g/mol. The van der Waals surface area contributed by atoms with Gasteiger partial charge < -0.3 is 19.7 Å². The van der Waals surface area contributed by atoms with Crippen molar-refractivity contribution in [1.29, 1.82) is 0 Å². The molecule has 1 aromatic carbocycles. The summed E-state index contributed by atoms with van der Waals surface area (Å²) in [5, 5.41) is 2.94. The summed E-state index contributed by atoms with van der Waals surface area (Å²) in [7, 11) is 1.53. The van der Waals surface area contributed by atoms with Crippen molar-refractivity contribution in [2.45, 2.75) is 31.9 Å². The van der Waals surface area contributed by atoms with Crippen molar-refractivity contribution >= 4 is 11.8 Å². The van der Waals surface area contributed by atoms with Gasteiger partial charge in [-0.1, -0.05) is 18.2 Å². The standard InChI is InChI=1S/C27H28N4O4/c1-34-25-14-22(27(33)31-12-10-19-4-2-11-28-24(19)17-31)23(16-29-25)18-6-8-20(9-7-18)26(32)30-15-21-5-3-13-35-21/h2,4,6-9,11,14,16,21H,3,5,10,12-13,15,17H2,1H3,(H,30,32). The van der Waals surface area contributed by atoms with Crippen molar-refractivity contribution in [3.05, 3.63) is 77.2 Å². The number of benzene rings is 1. The smallest absolute Gasteiger partial charge is 0.255 e. The predicted octanol–water partition coefficient (Wildman–Crippen LogP) is 3.26. The zero-order chi connectivity index (χ0) is 24.2. The minimum atomic E-state index is -0.143. The second-order valence-corrected chi connectivity index (χ2v) is 8.78. The van der Waals surface area contributed by atoms with E-state index in [1.54, 1.807) is 35.5 Å². The summed E-state index contributed by atoms with van der Waals surface area (Å²) in [6.45, 7) is 2.34. The first-order valence-electron chi connectivity index (χ1n) is 11.9. The Morgan fingerprint density at radius 2 is 2.06 bits per heavy atom. The average molecular weight is 473 g/mol. The van der Waals surface area contributed by atoms with Crippen LogP contribution in [0.2, 0.25) is 0 Å². The van der Waals surface area contributed by atoms with Crippen LogP contribution in [0.3, 0.4) is 0 Å². The first-order chi connectivity index (χ1) is 17.1. The minimum absolute atomic E-state index is 0.0918. The molecule has 180 valence electrons. The molecule has 5 rings (SSSR count). The zero-order valence-electron chi connectivity index (χ0n) is 19.7. The molecule has 2 aliphatic rings. The quantitative estimate of drug-likeness (QED) is 0.592. The number of hydrogen-bond acceptors (Lipinski definition) is 6. The van der Waals surface area contributed by atoms with Crippen LogP contribution < -0.4 is 10.1 Å². The van der Waals surface area contributed by atoms with E-state index in [4.69, 9.17) is 9.47 Å². The third-order valence-electron chi connectivity index (χ3n) is 6.55. The van der Waals surface area contributed by atoms with Crippen molar-refractivity contribution < 1.29 is 19.1 Å². The predicted molar refractivity (Wildman–Crippen MR) is 130 cm³/mol. The first-order valence-corrected chi connectivity index (χ1v) is 11.9. The fourth-order valence-electron chi connectivity index (χ4n) is 4.57. The summed E-state index contributed by atoms with van der Waals surface area (Å²) in [4.78, 5) is 36.7. The topological polar surface area (TPSA) is 93.7 Å². The van der Waals surface area contributed by atoms with E-state index < -0.39 is 0 Å². The first kappa shape index (κ1) is 23.0. The highest BCUT2D eigenvalue weighted by Crippen LogP contribution is 2.29. The molecule has 2 aliphatic heterocycles. The third-order valence-corrected chi connectivity index (χ3v) is 6.55. The summed E-state index contributed by atoms with van der Waals surface area (Å²) in [6, 6.07) is 12.9. The number of rotatable bonds is 6. The molecule has 1 saturated heterocycles. The highest BCUT2D eigenvalue weighted by molar-refractivity contribution is 6.01. The summed E-state index contributed by atoms with van der Waals surface area (Å²) in [5.74, 6) is 0.129. The Balaban J connectivity index is 1.36. The van der Waals surface area contributed by atoms with Gasteiger partial charge in [-0.25, -0.2) is 4.98 Å². The van der Waals surface area contributed by atoms with Gasteiger partial charge in [0, 0.05) is 49.3 Å². The van der Waals surface area contributed by atoms with Crippen molar-refractivity contribution in [3.63, 3.8) is 0 Å². The van der Waals surface area contributed by atoms with Crippen LogP contribution in [0.4, 0.5) is 0 Å². The maximum absolute atomic E-state index is 13.6. The van der Waals surface area contributed by atoms with Crippen LogP contribution in [-0.2, 0) is 17.7 Å². The van der Waals surface area contributed by atoms with Gasteiger partial charge in [0.2, 0.25) is 5.88 Å². The average Bonchev–Trinajstić information content (AvgIpc) is 3.44. The van der Waals surface area contributed by atoms with E-state index in [0.29, 0.717) is 42.2 Å². The minimum Gasteiger partial charge on any atom is -0.481 e. The van der Waals surface area contributed by atoms with Gasteiger partial charge in [0.05, 0.1) is 31.0 Å². The van der Waals surface area contributed by atoms with Crippen molar-refractivity contribution in [3.8, 4) is 17.0 Å².